The molecule has 0 spiro atoms. The van der Waals surface area contributed by atoms with Crippen molar-refractivity contribution in [3.05, 3.63) is 46.3 Å². The lowest BCUT2D eigenvalue weighted by Crippen LogP contribution is -2.41. The number of alkyl halides is 3. The molecule has 1 aliphatic heterocycles. The van der Waals surface area contributed by atoms with Crippen molar-refractivity contribution in [2.24, 2.45) is 0 Å². The number of carbonyl (C=O) groups excluding carboxylic acids is 1. The molecular formula is C19H23F3N4O2S. The minimum absolute atomic E-state index is 0.131. The maximum absolute atomic E-state index is 12.2. The number of ether oxygens (including phenoxy) is 1. The number of likely N-dealkylation sites (tertiary alicyclic amines) is 1. The molecule has 1 saturated heterocycles. The monoisotopic (exact) mass is 428 g/mol. The topological polar surface area (TPSA) is 66.5 Å². The van der Waals surface area contributed by atoms with E-state index in [9.17, 15) is 18.0 Å². The molecule has 2 aromatic rings. The molecule has 0 radical (unpaired) electrons. The standard InChI is InChI=1S/C19H23F3N4O2S/c20-19(21,22)13-28-17-10-14(5-6-23-17)11-24-18(27)25-12-15(16-4-3-9-29-16)26-7-1-2-8-26/h3-6,9-10,15H,1-2,7-8,11-13H2,(H2,24,25,27). The molecule has 1 unspecified atom stereocenters. The Hall–Kier alpha value is -2.33. The number of aromatic nitrogens is 1. The molecule has 1 atom stereocenters. The normalized spacial score (nSPS) is 15.8. The first kappa shape index (κ1) is 21.4. The van der Waals surface area contributed by atoms with E-state index >= 15 is 0 Å². The van der Waals surface area contributed by atoms with E-state index in [-0.39, 0.29) is 24.5 Å². The van der Waals surface area contributed by atoms with E-state index in [1.165, 1.54) is 17.1 Å². The molecule has 29 heavy (non-hydrogen) atoms. The summed E-state index contributed by atoms with van der Waals surface area (Å²) in [6.45, 7) is 1.28. The first-order valence-electron chi connectivity index (χ1n) is 9.34. The van der Waals surface area contributed by atoms with Gasteiger partial charge >= 0.3 is 12.2 Å². The van der Waals surface area contributed by atoms with Gasteiger partial charge in [-0.1, -0.05) is 6.07 Å². The third-order valence-electron chi connectivity index (χ3n) is 4.55. The number of carbonyl (C=O) groups is 1. The van der Waals surface area contributed by atoms with E-state index in [1.807, 2.05) is 11.4 Å². The first-order chi connectivity index (χ1) is 13.9. The van der Waals surface area contributed by atoms with Gasteiger partial charge in [0.1, 0.15) is 0 Å². The average molecular weight is 428 g/mol. The van der Waals surface area contributed by atoms with E-state index in [4.69, 9.17) is 0 Å². The molecule has 158 valence electrons. The van der Waals surface area contributed by atoms with Crippen molar-refractivity contribution in [3.8, 4) is 5.88 Å². The molecule has 2 N–H and O–H groups in total. The summed E-state index contributed by atoms with van der Waals surface area (Å²) in [5, 5.41) is 7.64. The highest BCUT2D eigenvalue weighted by molar-refractivity contribution is 7.10. The molecule has 0 aromatic carbocycles. The van der Waals surface area contributed by atoms with Gasteiger partial charge in [-0.2, -0.15) is 13.2 Å². The molecule has 0 bridgehead atoms. The van der Waals surface area contributed by atoms with E-state index in [0.717, 1.165) is 25.9 Å². The number of hydrogen-bond donors (Lipinski definition) is 2. The molecule has 0 aliphatic carbocycles. The van der Waals surface area contributed by atoms with Gasteiger partial charge in [-0.05, 0) is 49.0 Å². The Morgan fingerprint density at radius 2 is 2.07 bits per heavy atom. The van der Waals surface area contributed by atoms with Gasteiger partial charge in [0.2, 0.25) is 5.88 Å². The van der Waals surface area contributed by atoms with Crippen LogP contribution in [0.3, 0.4) is 0 Å². The Kier molecular flexibility index (Phi) is 7.32. The first-order valence-corrected chi connectivity index (χ1v) is 10.2. The summed E-state index contributed by atoms with van der Waals surface area (Å²) < 4.78 is 41.3. The largest absolute Gasteiger partial charge is 0.468 e. The van der Waals surface area contributed by atoms with Crippen molar-refractivity contribution in [3.63, 3.8) is 0 Å². The SMILES string of the molecule is O=C(NCc1ccnc(OCC(F)(F)F)c1)NCC(c1cccs1)N1CCCC1. The summed E-state index contributed by atoms with van der Waals surface area (Å²) in [4.78, 5) is 19.6. The number of urea groups is 1. The summed E-state index contributed by atoms with van der Waals surface area (Å²) >= 11 is 1.67. The Bertz CT molecular complexity index is 780. The quantitative estimate of drug-likeness (QED) is 0.673. The maximum Gasteiger partial charge on any atom is 0.422 e. The Morgan fingerprint density at radius 3 is 2.76 bits per heavy atom. The van der Waals surface area contributed by atoms with Crippen LogP contribution in [-0.4, -0.2) is 48.3 Å². The van der Waals surface area contributed by atoms with Gasteiger partial charge in [-0.15, -0.1) is 11.3 Å². The lowest BCUT2D eigenvalue weighted by molar-refractivity contribution is -0.154. The summed E-state index contributed by atoms with van der Waals surface area (Å²) in [6, 6.07) is 6.88. The van der Waals surface area contributed by atoms with Crippen LogP contribution in [0.15, 0.2) is 35.8 Å². The smallest absolute Gasteiger partial charge is 0.422 e. The summed E-state index contributed by atoms with van der Waals surface area (Å²) in [7, 11) is 0. The molecule has 2 aromatic heterocycles. The summed E-state index contributed by atoms with van der Waals surface area (Å²) in [6.07, 6.45) is -0.755. The lowest BCUT2D eigenvalue weighted by atomic mass is 10.2. The number of thiophene rings is 1. The Labute approximate surface area is 171 Å². The lowest BCUT2D eigenvalue weighted by Gasteiger charge is -2.27. The van der Waals surface area contributed by atoms with Crippen LogP contribution in [0.4, 0.5) is 18.0 Å². The number of nitrogens with one attached hydrogen (secondary N) is 2. The van der Waals surface area contributed by atoms with E-state index < -0.39 is 12.8 Å². The second-order valence-electron chi connectivity index (χ2n) is 6.74. The predicted octanol–water partition coefficient (Wildman–Crippen LogP) is 3.72. The number of amides is 2. The molecule has 2 amide bonds. The molecule has 6 nitrogen and oxygen atoms in total. The van der Waals surface area contributed by atoms with Gasteiger partial charge in [-0.25, -0.2) is 9.78 Å². The maximum atomic E-state index is 12.2. The van der Waals surface area contributed by atoms with Crippen molar-refractivity contribution in [2.45, 2.75) is 31.6 Å². The predicted molar refractivity (Wildman–Crippen MR) is 104 cm³/mol. The van der Waals surface area contributed by atoms with E-state index in [1.54, 1.807) is 17.4 Å². The fourth-order valence-electron chi connectivity index (χ4n) is 3.17. The summed E-state index contributed by atoms with van der Waals surface area (Å²) in [5.74, 6) is -0.131. The highest BCUT2D eigenvalue weighted by Crippen LogP contribution is 2.27. The Morgan fingerprint density at radius 1 is 1.28 bits per heavy atom. The van der Waals surface area contributed by atoms with Crippen LogP contribution in [0, 0.1) is 0 Å². The van der Waals surface area contributed by atoms with Crippen molar-refractivity contribution < 1.29 is 22.7 Å². The number of halogens is 3. The van der Waals surface area contributed by atoms with Crippen LogP contribution in [0.25, 0.3) is 0 Å². The third-order valence-corrected chi connectivity index (χ3v) is 5.52. The minimum Gasteiger partial charge on any atom is -0.468 e. The fraction of sp³-hybridized carbons (Fsp3) is 0.474. The van der Waals surface area contributed by atoms with Crippen LogP contribution in [0.5, 0.6) is 5.88 Å². The van der Waals surface area contributed by atoms with Crippen LogP contribution in [0.2, 0.25) is 0 Å². The summed E-state index contributed by atoms with van der Waals surface area (Å²) in [5.41, 5.74) is 0.599. The van der Waals surface area contributed by atoms with Crippen molar-refractivity contribution >= 4 is 17.4 Å². The number of nitrogens with zero attached hydrogens (tertiary/aromatic N) is 2. The highest BCUT2D eigenvalue weighted by atomic mass is 32.1. The Balaban J connectivity index is 1.48. The van der Waals surface area contributed by atoms with Crippen LogP contribution < -0.4 is 15.4 Å². The number of hydrogen-bond acceptors (Lipinski definition) is 5. The molecule has 1 fully saturated rings. The molecule has 3 rings (SSSR count). The van der Waals surface area contributed by atoms with Gasteiger partial charge in [0.15, 0.2) is 6.61 Å². The second kappa shape index (κ2) is 9.93. The molecule has 1 aliphatic rings. The van der Waals surface area contributed by atoms with Gasteiger partial charge < -0.3 is 15.4 Å². The van der Waals surface area contributed by atoms with E-state index in [2.05, 4.69) is 31.3 Å². The highest BCUT2D eigenvalue weighted by Gasteiger charge is 2.28. The molecule has 10 heteroatoms. The van der Waals surface area contributed by atoms with Crippen LogP contribution in [0.1, 0.15) is 29.3 Å². The number of pyridine rings is 1. The zero-order chi connectivity index (χ0) is 20.7. The second-order valence-corrected chi connectivity index (χ2v) is 7.72. The van der Waals surface area contributed by atoms with E-state index in [0.29, 0.717) is 12.1 Å². The number of rotatable bonds is 8. The van der Waals surface area contributed by atoms with Crippen molar-refractivity contribution in [1.82, 2.24) is 20.5 Å². The molecule has 3 heterocycles. The zero-order valence-corrected chi connectivity index (χ0v) is 16.6. The van der Waals surface area contributed by atoms with Gasteiger partial charge in [0.25, 0.3) is 0 Å². The third kappa shape index (κ3) is 6.90. The van der Waals surface area contributed by atoms with Gasteiger partial charge in [0, 0.05) is 30.2 Å². The molecular weight excluding hydrogens is 405 g/mol. The minimum atomic E-state index is -4.43. The molecule has 0 saturated carbocycles. The average Bonchev–Trinajstić information content (AvgIpc) is 3.39. The van der Waals surface area contributed by atoms with Gasteiger partial charge in [-0.3, -0.25) is 4.90 Å². The van der Waals surface area contributed by atoms with Crippen molar-refractivity contribution in [2.75, 3.05) is 26.2 Å². The van der Waals surface area contributed by atoms with Gasteiger partial charge in [0.05, 0.1) is 6.04 Å². The van der Waals surface area contributed by atoms with Crippen LogP contribution in [-0.2, 0) is 6.54 Å². The van der Waals surface area contributed by atoms with Crippen molar-refractivity contribution in [1.29, 1.82) is 0 Å². The zero-order valence-electron chi connectivity index (χ0n) is 15.7. The van der Waals surface area contributed by atoms with Crippen LogP contribution >= 0.6 is 11.3 Å². The fourth-order valence-corrected chi connectivity index (χ4v) is 4.03.